The van der Waals surface area contributed by atoms with Crippen LogP contribution in [0.1, 0.15) is 39.0 Å². The van der Waals surface area contributed by atoms with E-state index in [0.29, 0.717) is 0 Å². The van der Waals surface area contributed by atoms with Crippen LogP contribution < -0.4 is 5.32 Å². The summed E-state index contributed by atoms with van der Waals surface area (Å²) < 4.78 is 0. The maximum atomic E-state index is 9.56. The first kappa shape index (κ1) is 16.2. The lowest BCUT2D eigenvalue weighted by atomic mass is 9.91. The molecule has 1 atom stereocenters. The van der Waals surface area contributed by atoms with Gasteiger partial charge >= 0.3 is 0 Å². The lowest BCUT2D eigenvalue weighted by Crippen LogP contribution is -2.48. The predicted octanol–water partition coefficient (Wildman–Crippen LogP) is 1.15. The SMILES string of the molecule is CCC(CO)(CCCN1CCN(CC2CC2)CC1)NC. The summed E-state index contributed by atoms with van der Waals surface area (Å²) in [6, 6.07) is 0. The third-order valence-corrected chi connectivity index (χ3v) is 5.32. The van der Waals surface area contributed by atoms with E-state index in [0.717, 1.165) is 18.8 Å². The fraction of sp³-hybridized carbons (Fsp3) is 1.00. The second-order valence-electron chi connectivity index (χ2n) is 6.73. The molecule has 1 aliphatic heterocycles. The molecule has 0 aromatic carbocycles. The molecule has 1 heterocycles. The van der Waals surface area contributed by atoms with Gasteiger partial charge in [0.2, 0.25) is 0 Å². The topological polar surface area (TPSA) is 38.7 Å². The van der Waals surface area contributed by atoms with Crippen molar-refractivity contribution in [3.8, 4) is 0 Å². The van der Waals surface area contributed by atoms with Crippen molar-refractivity contribution >= 4 is 0 Å². The van der Waals surface area contributed by atoms with Crippen molar-refractivity contribution in [2.45, 2.75) is 44.6 Å². The van der Waals surface area contributed by atoms with E-state index in [1.807, 2.05) is 7.05 Å². The number of aliphatic hydroxyl groups is 1. The van der Waals surface area contributed by atoms with Gasteiger partial charge in [0, 0.05) is 38.3 Å². The molecule has 0 aromatic rings. The number of likely N-dealkylation sites (N-methyl/N-ethyl adjacent to an activating group) is 1. The number of rotatable bonds is 9. The van der Waals surface area contributed by atoms with Crippen molar-refractivity contribution in [1.82, 2.24) is 15.1 Å². The van der Waals surface area contributed by atoms with Gasteiger partial charge in [-0.05, 0) is 51.6 Å². The summed E-state index contributed by atoms with van der Waals surface area (Å²) in [4.78, 5) is 5.24. The Hall–Kier alpha value is -0.160. The van der Waals surface area contributed by atoms with E-state index in [2.05, 4.69) is 22.0 Å². The van der Waals surface area contributed by atoms with Crippen molar-refractivity contribution in [3.63, 3.8) is 0 Å². The molecule has 0 radical (unpaired) electrons. The smallest absolute Gasteiger partial charge is 0.0613 e. The van der Waals surface area contributed by atoms with Crippen molar-refractivity contribution in [2.24, 2.45) is 5.92 Å². The standard InChI is InChI=1S/C16H33N3O/c1-3-16(14-20,17-2)7-4-8-18-9-11-19(12-10-18)13-15-5-6-15/h15,17,20H,3-14H2,1-2H3. The molecule has 4 heteroatoms. The normalized spacial score (nSPS) is 24.8. The van der Waals surface area contributed by atoms with Gasteiger partial charge < -0.3 is 20.2 Å². The average molecular weight is 283 g/mol. The van der Waals surface area contributed by atoms with Gasteiger partial charge in [-0.3, -0.25) is 0 Å². The van der Waals surface area contributed by atoms with Gasteiger partial charge in [0.25, 0.3) is 0 Å². The minimum absolute atomic E-state index is 0.0617. The van der Waals surface area contributed by atoms with Crippen LogP contribution in [0.2, 0.25) is 0 Å². The molecule has 0 amide bonds. The van der Waals surface area contributed by atoms with E-state index in [1.165, 1.54) is 58.5 Å². The quantitative estimate of drug-likeness (QED) is 0.666. The van der Waals surface area contributed by atoms with Gasteiger partial charge in [0.05, 0.1) is 6.61 Å². The summed E-state index contributed by atoms with van der Waals surface area (Å²) in [6.45, 7) is 9.88. The molecule has 0 aromatic heterocycles. The van der Waals surface area contributed by atoms with Crippen LogP contribution in [0, 0.1) is 5.92 Å². The summed E-state index contributed by atoms with van der Waals surface area (Å²) >= 11 is 0. The molecule has 4 nitrogen and oxygen atoms in total. The molecule has 2 fully saturated rings. The van der Waals surface area contributed by atoms with Crippen molar-refractivity contribution < 1.29 is 5.11 Å². The maximum absolute atomic E-state index is 9.56. The van der Waals surface area contributed by atoms with Crippen LogP contribution in [0.15, 0.2) is 0 Å². The fourth-order valence-corrected chi connectivity index (χ4v) is 3.25. The van der Waals surface area contributed by atoms with Crippen LogP contribution in [0.3, 0.4) is 0 Å². The van der Waals surface area contributed by atoms with E-state index < -0.39 is 0 Å². The lowest BCUT2D eigenvalue weighted by molar-refractivity contribution is 0.114. The number of aliphatic hydroxyl groups excluding tert-OH is 1. The number of nitrogens with one attached hydrogen (secondary N) is 1. The molecule has 1 unspecified atom stereocenters. The first-order chi connectivity index (χ1) is 9.71. The summed E-state index contributed by atoms with van der Waals surface area (Å²) in [5.74, 6) is 1.02. The Labute approximate surface area is 124 Å². The highest BCUT2D eigenvalue weighted by atomic mass is 16.3. The number of hydrogen-bond acceptors (Lipinski definition) is 4. The number of piperazine rings is 1. The Kier molecular flexibility index (Phi) is 6.27. The van der Waals surface area contributed by atoms with Gasteiger partial charge in [-0.2, -0.15) is 0 Å². The summed E-state index contributed by atoms with van der Waals surface area (Å²) in [7, 11) is 1.97. The van der Waals surface area contributed by atoms with Crippen molar-refractivity contribution in [3.05, 3.63) is 0 Å². The molecule has 0 spiro atoms. The molecule has 1 saturated heterocycles. The molecule has 1 saturated carbocycles. The van der Waals surface area contributed by atoms with Crippen molar-refractivity contribution in [2.75, 3.05) is 52.9 Å². The van der Waals surface area contributed by atoms with Crippen LogP contribution in [-0.4, -0.2) is 73.4 Å². The number of nitrogens with zero attached hydrogens (tertiary/aromatic N) is 2. The van der Waals surface area contributed by atoms with Crippen LogP contribution in [0.25, 0.3) is 0 Å². The average Bonchev–Trinajstić information content (AvgIpc) is 3.30. The molecule has 2 rings (SSSR count). The summed E-state index contributed by atoms with van der Waals surface area (Å²) in [5.41, 5.74) is -0.0617. The zero-order chi connectivity index (χ0) is 14.4. The van der Waals surface area contributed by atoms with E-state index in [-0.39, 0.29) is 12.1 Å². The third-order valence-electron chi connectivity index (χ3n) is 5.32. The highest BCUT2D eigenvalue weighted by Gasteiger charge is 2.27. The third kappa shape index (κ3) is 4.69. The molecular formula is C16H33N3O. The predicted molar refractivity (Wildman–Crippen MR) is 84.0 cm³/mol. The van der Waals surface area contributed by atoms with E-state index in [4.69, 9.17) is 0 Å². The van der Waals surface area contributed by atoms with Gasteiger partial charge in [0.15, 0.2) is 0 Å². The molecule has 118 valence electrons. The summed E-state index contributed by atoms with van der Waals surface area (Å²) in [5, 5.41) is 12.9. The van der Waals surface area contributed by atoms with Crippen LogP contribution in [0.5, 0.6) is 0 Å². The van der Waals surface area contributed by atoms with Gasteiger partial charge in [-0.1, -0.05) is 6.92 Å². The highest BCUT2D eigenvalue weighted by Crippen LogP contribution is 2.29. The minimum atomic E-state index is -0.0617. The highest BCUT2D eigenvalue weighted by molar-refractivity contribution is 4.85. The first-order valence-electron chi connectivity index (χ1n) is 8.46. The lowest BCUT2D eigenvalue weighted by Gasteiger charge is -2.36. The molecular weight excluding hydrogens is 250 g/mol. The second-order valence-corrected chi connectivity index (χ2v) is 6.73. The molecule has 0 bridgehead atoms. The van der Waals surface area contributed by atoms with Gasteiger partial charge in [-0.15, -0.1) is 0 Å². The summed E-state index contributed by atoms with van der Waals surface area (Å²) in [6.07, 6.45) is 6.17. The van der Waals surface area contributed by atoms with E-state index >= 15 is 0 Å². The zero-order valence-electron chi connectivity index (χ0n) is 13.4. The molecule has 2 N–H and O–H groups in total. The van der Waals surface area contributed by atoms with Crippen LogP contribution in [0.4, 0.5) is 0 Å². The molecule has 1 aliphatic carbocycles. The second kappa shape index (κ2) is 7.74. The zero-order valence-corrected chi connectivity index (χ0v) is 13.4. The number of hydrogen-bond donors (Lipinski definition) is 2. The van der Waals surface area contributed by atoms with Crippen LogP contribution >= 0.6 is 0 Å². The Bertz CT molecular complexity index is 261. The van der Waals surface area contributed by atoms with E-state index in [1.54, 1.807) is 0 Å². The Balaban J connectivity index is 1.60. The Morgan fingerprint density at radius 3 is 2.30 bits per heavy atom. The van der Waals surface area contributed by atoms with Gasteiger partial charge in [-0.25, -0.2) is 0 Å². The molecule has 20 heavy (non-hydrogen) atoms. The fourth-order valence-electron chi connectivity index (χ4n) is 3.25. The maximum Gasteiger partial charge on any atom is 0.0613 e. The van der Waals surface area contributed by atoms with Crippen LogP contribution in [-0.2, 0) is 0 Å². The van der Waals surface area contributed by atoms with E-state index in [9.17, 15) is 5.11 Å². The minimum Gasteiger partial charge on any atom is -0.394 e. The Morgan fingerprint density at radius 1 is 1.15 bits per heavy atom. The monoisotopic (exact) mass is 283 g/mol. The molecule has 2 aliphatic rings. The van der Waals surface area contributed by atoms with Gasteiger partial charge in [0.1, 0.15) is 0 Å². The Morgan fingerprint density at radius 2 is 1.80 bits per heavy atom. The largest absolute Gasteiger partial charge is 0.394 e. The van der Waals surface area contributed by atoms with Crippen molar-refractivity contribution in [1.29, 1.82) is 0 Å². The first-order valence-corrected chi connectivity index (χ1v) is 8.46.